The van der Waals surface area contributed by atoms with E-state index in [9.17, 15) is 4.79 Å². The molecular formula is C10H12N4OS. The number of amides is 1. The van der Waals surface area contributed by atoms with Gasteiger partial charge in [0.05, 0.1) is 16.8 Å². The van der Waals surface area contributed by atoms with E-state index in [2.05, 4.69) is 20.6 Å². The molecule has 0 saturated carbocycles. The van der Waals surface area contributed by atoms with Gasteiger partial charge in [-0.3, -0.25) is 4.79 Å². The average Bonchev–Trinajstić information content (AvgIpc) is 2.75. The molecule has 0 aliphatic heterocycles. The Morgan fingerprint density at radius 2 is 2.38 bits per heavy atom. The smallest absolute Gasteiger partial charge is 0.239 e. The molecule has 0 spiro atoms. The van der Waals surface area contributed by atoms with Crippen molar-refractivity contribution < 1.29 is 4.79 Å². The Bertz CT molecular complexity index is 496. The Hall–Kier alpha value is -1.69. The molecule has 0 radical (unpaired) electrons. The van der Waals surface area contributed by atoms with E-state index in [1.54, 1.807) is 11.3 Å². The summed E-state index contributed by atoms with van der Waals surface area (Å²) >= 11 is 1.56. The maximum atomic E-state index is 11.3. The lowest BCUT2D eigenvalue weighted by molar-refractivity contribution is -0.119. The fourth-order valence-corrected chi connectivity index (χ4v) is 2.15. The zero-order valence-corrected chi connectivity index (χ0v) is 9.67. The molecule has 2 aromatic rings. The van der Waals surface area contributed by atoms with Crippen LogP contribution in [-0.4, -0.2) is 29.0 Å². The Balaban J connectivity index is 2.09. The Morgan fingerprint density at radius 3 is 3.19 bits per heavy atom. The van der Waals surface area contributed by atoms with Gasteiger partial charge in [-0.1, -0.05) is 0 Å². The van der Waals surface area contributed by atoms with Crippen molar-refractivity contribution in [3.8, 4) is 0 Å². The van der Waals surface area contributed by atoms with E-state index in [1.165, 1.54) is 6.33 Å². The molecule has 6 heteroatoms. The van der Waals surface area contributed by atoms with E-state index in [0.717, 1.165) is 10.2 Å². The number of rotatable bonds is 4. The molecule has 0 bridgehead atoms. The molecule has 16 heavy (non-hydrogen) atoms. The number of likely N-dealkylation sites (N-methyl/N-ethyl adjacent to an activating group) is 1. The number of anilines is 1. The first-order valence-corrected chi connectivity index (χ1v) is 5.88. The van der Waals surface area contributed by atoms with Crippen LogP contribution in [0.2, 0.25) is 0 Å². The van der Waals surface area contributed by atoms with Gasteiger partial charge in [-0.25, -0.2) is 9.97 Å². The standard InChI is InChI=1S/C10H12N4OS/c1-2-11-8(15)5-12-10-9-7(3-4-16-9)13-6-14-10/h3-4,6H,2,5H2,1H3,(H,11,15)(H,12,13,14). The third-order valence-corrected chi connectivity index (χ3v) is 2.94. The zero-order valence-electron chi connectivity index (χ0n) is 8.86. The van der Waals surface area contributed by atoms with Gasteiger partial charge in [0.1, 0.15) is 12.1 Å². The molecule has 2 rings (SSSR count). The molecular weight excluding hydrogens is 224 g/mol. The van der Waals surface area contributed by atoms with Crippen molar-refractivity contribution in [2.45, 2.75) is 6.92 Å². The molecule has 84 valence electrons. The van der Waals surface area contributed by atoms with Crippen molar-refractivity contribution in [2.24, 2.45) is 0 Å². The topological polar surface area (TPSA) is 66.9 Å². The van der Waals surface area contributed by atoms with Crippen molar-refractivity contribution in [1.29, 1.82) is 0 Å². The SMILES string of the molecule is CCNC(=O)CNc1ncnc2ccsc12. The van der Waals surface area contributed by atoms with Crippen LogP contribution in [0, 0.1) is 0 Å². The van der Waals surface area contributed by atoms with Gasteiger partial charge in [0.15, 0.2) is 0 Å². The van der Waals surface area contributed by atoms with E-state index in [-0.39, 0.29) is 12.5 Å². The van der Waals surface area contributed by atoms with Crippen molar-refractivity contribution in [2.75, 3.05) is 18.4 Å². The van der Waals surface area contributed by atoms with Crippen molar-refractivity contribution in [1.82, 2.24) is 15.3 Å². The highest BCUT2D eigenvalue weighted by Gasteiger charge is 2.05. The van der Waals surface area contributed by atoms with Gasteiger partial charge >= 0.3 is 0 Å². The molecule has 5 nitrogen and oxygen atoms in total. The zero-order chi connectivity index (χ0) is 11.4. The Kier molecular flexibility index (Phi) is 3.31. The molecule has 0 aliphatic rings. The summed E-state index contributed by atoms with van der Waals surface area (Å²) in [5.74, 6) is 0.678. The molecule has 2 N–H and O–H groups in total. The summed E-state index contributed by atoms with van der Waals surface area (Å²) in [6.45, 7) is 2.76. The third-order valence-electron chi connectivity index (χ3n) is 2.03. The minimum atomic E-state index is -0.0363. The van der Waals surface area contributed by atoms with Crippen LogP contribution in [-0.2, 0) is 4.79 Å². The summed E-state index contributed by atoms with van der Waals surface area (Å²) in [5.41, 5.74) is 0.901. The first kappa shape index (κ1) is 10.8. The van der Waals surface area contributed by atoms with Crippen LogP contribution in [0.4, 0.5) is 5.82 Å². The molecule has 0 aromatic carbocycles. The van der Waals surface area contributed by atoms with E-state index in [1.807, 2.05) is 18.4 Å². The van der Waals surface area contributed by atoms with Gasteiger partial charge in [0.25, 0.3) is 0 Å². The fourth-order valence-electron chi connectivity index (χ4n) is 1.34. The van der Waals surface area contributed by atoms with Gasteiger partial charge in [0.2, 0.25) is 5.91 Å². The van der Waals surface area contributed by atoms with Crippen LogP contribution >= 0.6 is 11.3 Å². The second-order valence-corrected chi connectivity index (χ2v) is 4.08. The van der Waals surface area contributed by atoms with Crippen LogP contribution in [0.5, 0.6) is 0 Å². The normalized spacial score (nSPS) is 10.3. The predicted molar refractivity (Wildman–Crippen MR) is 64.6 cm³/mol. The molecule has 0 unspecified atom stereocenters. The molecule has 0 saturated heterocycles. The minimum absolute atomic E-state index is 0.0363. The van der Waals surface area contributed by atoms with E-state index >= 15 is 0 Å². The summed E-state index contributed by atoms with van der Waals surface area (Å²) in [4.78, 5) is 19.5. The van der Waals surface area contributed by atoms with Gasteiger partial charge in [0, 0.05) is 6.54 Å². The third kappa shape index (κ3) is 2.27. The van der Waals surface area contributed by atoms with E-state index in [0.29, 0.717) is 12.4 Å². The van der Waals surface area contributed by atoms with Crippen LogP contribution < -0.4 is 10.6 Å². The lowest BCUT2D eigenvalue weighted by Gasteiger charge is -2.05. The molecule has 0 aliphatic carbocycles. The number of nitrogens with zero attached hydrogens (tertiary/aromatic N) is 2. The Labute approximate surface area is 96.9 Å². The van der Waals surface area contributed by atoms with Crippen molar-refractivity contribution in [3.63, 3.8) is 0 Å². The van der Waals surface area contributed by atoms with Gasteiger partial charge < -0.3 is 10.6 Å². The fraction of sp³-hybridized carbons (Fsp3) is 0.300. The number of nitrogens with one attached hydrogen (secondary N) is 2. The monoisotopic (exact) mass is 236 g/mol. The highest BCUT2D eigenvalue weighted by molar-refractivity contribution is 7.17. The van der Waals surface area contributed by atoms with Crippen LogP contribution in [0.25, 0.3) is 10.2 Å². The number of aromatic nitrogens is 2. The lowest BCUT2D eigenvalue weighted by atomic mass is 10.4. The second-order valence-electron chi connectivity index (χ2n) is 3.16. The first-order valence-electron chi connectivity index (χ1n) is 5.00. The number of fused-ring (bicyclic) bond motifs is 1. The highest BCUT2D eigenvalue weighted by atomic mass is 32.1. The maximum Gasteiger partial charge on any atom is 0.239 e. The summed E-state index contributed by atoms with van der Waals surface area (Å²) in [6.07, 6.45) is 1.50. The molecule has 2 heterocycles. The number of hydrogen-bond acceptors (Lipinski definition) is 5. The largest absolute Gasteiger partial charge is 0.360 e. The number of carbonyl (C=O) groups is 1. The van der Waals surface area contributed by atoms with E-state index < -0.39 is 0 Å². The summed E-state index contributed by atoms with van der Waals surface area (Å²) in [5, 5.41) is 7.68. The highest BCUT2D eigenvalue weighted by Crippen LogP contribution is 2.24. The summed E-state index contributed by atoms with van der Waals surface area (Å²) in [6, 6.07) is 1.93. The number of thiophene rings is 1. The predicted octanol–water partition coefficient (Wildman–Crippen LogP) is 1.24. The minimum Gasteiger partial charge on any atom is -0.360 e. The van der Waals surface area contributed by atoms with Gasteiger partial charge in [-0.05, 0) is 18.4 Å². The average molecular weight is 236 g/mol. The van der Waals surface area contributed by atoms with Gasteiger partial charge in [-0.15, -0.1) is 11.3 Å². The summed E-state index contributed by atoms with van der Waals surface area (Å²) < 4.78 is 0.979. The number of carbonyl (C=O) groups excluding carboxylic acids is 1. The molecule has 2 aromatic heterocycles. The van der Waals surface area contributed by atoms with Crippen LogP contribution in [0.1, 0.15) is 6.92 Å². The summed E-state index contributed by atoms with van der Waals surface area (Å²) in [7, 11) is 0. The maximum absolute atomic E-state index is 11.3. The number of hydrogen-bond donors (Lipinski definition) is 2. The van der Waals surface area contributed by atoms with Gasteiger partial charge in [-0.2, -0.15) is 0 Å². The second kappa shape index (κ2) is 4.89. The Morgan fingerprint density at radius 1 is 1.50 bits per heavy atom. The lowest BCUT2D eigenvalue weighted by Crippen LogP contribution is -2.29. The molecule has 0 fully saturated rings. The van der Waals surface area contributed by atoms with Crippen LogP contribution in [0.15, 0.2) is 17.8 Å². The quantitative estimate of drug-likeness (QED) is 0.838. The van der Waals surface area contributed by atoms with Crippen molar-refractivity contribution >= 4 is 33.3 Å². The van der Waals surface area contributed by atoms with Crippen LogP contribution in [0.3, 0.4) is 0 Å². The van der Waals surface area contributed by atoms with Crippen molar-refractivity contribution in [3.05, 3.63) is 17.8 Å². The molecule has 0 atom stereocenters. The first-order chi connectivity index (χ1) is 7.81. The van der Waals surface area contributed by atoms with E-state index in [4.69, 9.17) is 0 Å². The molecule has 1 amide bonds.